The molecule has 0 aliphatic carbocycles. The highest BCUT2D eigenvalue weighted by molar-refractivity contribution is 5.91. The van der Waals surface area contributed by atoms with Gasteiger partial charge in [-0.3, -0.25) is 4.79 Å². The Labute approximate surface area is 127 Å². The molecule has 0 saturated carbocycles. The molecule has 0 aliphatic heterocycles. The molecule has 1 amide bonds. The molecule has 21 heavy (non-hydrogen) atoms. The van der Waals surface area contributed by atoms with E-state index in [9.17, 15) is 4.79 Å². The van der Waals surface area contributed by atoms with Gasteiger partial charge in [-0.2, -0.15) is 0 Å². The van der Waals surface area contributed by atoms with Crippen molar-refractivity contribution in [2.45, 2.75) is 39.5 Å². The Morgan fingerprint density at radius 2 is 2.05 bits per heavy atom. The molecule has 0 spiro atoms. The van der Waals surface area contributed by atoms with E-state index in [0.717, 1.165) is 31.2 Å². The Hall–Kier alpha value is -1.97. The minimum absolute atomic E-state index is 0.0784. The Balaban J connectivity index is 2.52. The third-order valence-electron chi connectivity index (χ3n) is 3.05. The summed E-state index contributed by atoms with van der Waals surface area (Å²) in [6, 6.07) is 5.56. The molecule has 0 radical (unpaired) electrons. The zero-order valence-electron chi connectivity index (χ0n) is 13.0. The molecule has 0 heterocycles. The molecule has 1 aromatic carbocycles. The lowest BCUT2D eigenvalue weighted by Gasteiger charge is -2.08. The summed E-state index contributed by atoms with van der Waals surface area (Å²) < 4.78 is 5.59. The SMILES string of the molecule is CCCCNC(=O)/C=C\c1ccc(OCCCC)c(N)c1. The van der Waals surface area contributed by atoms with Gasteiger partial charge in [-0.25, -0.2) is 0 Å². The molecule has 1 aromatic rings. The summed E-state index contributed by atoms with van der Waals surface area (Å²) >= 11 is 0. The molecule has 4 nitrogen and oxygen atoms in total. The number of nitrogens with one attached hydrogen (secondary N) is 1. The predicted octanol–water partition coefficient (Wildman–Crippen LogP) is 3.38. The van der Waals surface area contributed by atoms with Crippen molar-refractivity contribution in [3.05, 3.63) is 29.8 Å². The average Bonchev–Trinajstić information content (AvgIpc) is 2.47. The van der Waals surface area contributed by atoms with E-state index in [0.29, 0.717) is 24.6 Å². The summed E-state index contributed by atoms with van der Waals surface area (Å²) in [5.41, 5.74) is 7.44. The maximum absolute atomic E-state index is 11.6. The molecule has 116 valence electrons. The number of hydrogen-bond acceptors (Lipinski definition) is 3. The quantitative estimate of drug-likeness (QED) is 0.416. The predicted molar refractivity (Wildman–Crippen MR) is 88.2 cm³/mol. The van der Waals surface area contributed by atoms with E-state index < -0.39 is 0 Å². The topological polar surface area (TPSA) is 64.3 Å². The second-order valence-electron chi connectivity index (χ2n) is 4.98. The number of amides is 1. The third-order valence-corrected chi connectivity index (χ3v) is 3.05. The van der Waals surface area contributed by atoms with Gasteiger partial charge >= 0.3 is 0 Å². The largest absolute Gasteiger partial charge is 0.491 e. The number of rotatable bonds is 9. The van der Waals surface area contributed by atoms with Gasteiger partial charge in [0.1, 0.15) is 5.75 Å². The first-order valence-corrected chi connectivity index (χ1v) is 7.65. The zero-order chi connectivity index (χ0) is 15.5. The highest BCUT2D eigenvalue weighted by Gasteiger charge is 2.01. The van der Waals surface area contributed by atoms with Crippen LogP contribution in [0.4, 0.5) is 5.69 Å². The van der Waals surface area contributed by atoms with Gasteiger partial charge in [0, 0.05) is 12.6 Å². The number of carbonyl (C=O) groups excluding carboxylic acids is 1. The van der Waals surface area contributed by atoms with E-state index >= 15 is 0 Å². The number of nitrogens with two attached hydrogens (primary N) is 1. The molecule has 0 saturated heterocycles. The van der Waals surface area contributed by atoms with Gasteiger partial charge in [-0.05, 0) is 36.6 Å². The first-order chi connectivity index (χ1) is 10.2. The first-order valence-electron chi connectivity index (χ1n) is 7.65. The van der Waals surface area contributed by atoms with Gasteiger partial charge in [0.2, 0.25) is 5.91 Å². The van der Waals surface area contributed by atoms with E-state index in [1.54, 1.807) is 6.08 Å². The monoisotopic (exact) mass is 290 g/mol. The van der Waals surface area contributed by atoms with Crippen LogP contribution in [0.2, 0.25) is 0 Å². The molecule has 0 aliphatic rings. The van der Waals surface area contributed by atoms with Crippen molar-refractivity contribution in [2.75, 3.05) is 18.9 Å². The van der Waals surface area contributed by atoms with E-state index in [1.807, 2.05) is 18.2 Å². The van der Waals surface area contributed by atoms with E-state index in [2.05, 4.69) is 19.2 Å². The summed E-state index contributed by atoms with van der Waals surface area (Å²) in [6.07, 6.45) is 7.46. The van der Waals surface area contributed by atoms with Crippen molar-refractivity contribution >= 4 is 17.7 Å². The Bertz CT molecular complexity index is 470. The summed E-state index contributed by atoms with van der Waals surface area (Å²) in [7, 11) is 0. The summed E-state index contributed by atoms with van der Waals surface area (Å²) in [5.74, 6) is 0.623. The standard InChI is InChI=1S/C17H26N2O2/c1-3-5-11-19-17(20)10-8-14-7-9-16(15(18)13-14)21-12-6-4-2/h7-10,13H,3-6,11-12,18H2,1-2H3,(H,19,20)/b10-8-. The van der Waals surface area contributed by atoms with Gasteiger partial charge in [0.05, 0.1) is 12.3 Å². The second-order valence-corrected chi connectivity index (χ2v) is 4.98. The van der Waals surface area contributed by atoms with E-state index in [-0.39, 0.29) is 5.91 Å². The number of nitrogen functional groups attached to an aromatic ring is 1. The smallest absolute Gasteiger partial charge is 0.243 e. The average molecular weight is 290 g/mol. The Morgan fingerprint density at radius 1 is 1.29 bits per heavy atom. The van der Waals surface area contributed by atoms with Crippen molar-refractivity contribution < 1.29 is 9.53 Å². The zero-order valence-corrected chi connectivity index (χ0v) is 13.0. The van der Waals surface area contributed by atoms with Crippen LogP contribution in [0.15, 0.2) is 24.3 Å². The van der Waals surface area contributed by atoms with E-state index in [1.165, 1.54) is 6.08 Å². The van der Waals surface area contributed by atoms with Crippen molar-refractivity contribution in [3.63, 3.8) is 0 Å². The molecule has 4 heteroatoms. The normalized spacial score (nSPS) is 10.8. The lowest BCUT2D eigenvalue weighted by atomic mass is 10.1. The minimum atomic E-state index is -0.0784. The van der Waals surface area contributed by atoms with Crippen LogP contribution < -0.4 is 15.8 Å². The number of benzene rings is 1. The van der Waals surface area contributed by atoms with Crippen LogP contribution >= 0.6 is 0 Å². The third kappa shape index (κ3) is 6.84. The fourth-order valence-corrected chi connectivity index (χ4v) is 1.75. The van der Waals surface area contributed by atoms with Crippen LogP contribution in [0.1, 0.15) is 45.1 Å². The minimum Gasteiger partial charge on any atom is -0.491 e. The Morgan fingerprint density at radius 3 is 2.71 bits per heavy atom. The maximum atomic E-state index is 11.6. The molecule has 0 unspecified atom stereocenters. The number of ether oxygens (including phenoxy) is 1. The van der Waals surface area contributed by atoms with Gasteiger partial charge in [-0.15, -0.1) is 0 Å². The number of carbonyl (C=O) groups is 1. The molecule has 0 aromatic heterocycles. The van der Waals surface area contributed by atoms with Gasteiger partial charge < -0.3 is 15.8 Å². The summed E-state index contributed by atoms with van der Waals surface area (Å²) in [5, 5.41) is 2.83. The summed E-state index contributed by atoms with van der Waals surface area (Å²) in [6.45, 7) is 5.60. The lowest BCUT2D eigenvalue weighted by molar-refractivity contribution is -0.116. The summed E-state index contributed by atoms with van der Waals surface area (Å²) in [4.78, 5) is 11.6. The van der Waals surface area contributed by atoms with Crippen LogP contribution in [-0.2, 0) is 4.79 Å². The molecule has 0 bridgehead atoms. The van der Waals surface area contributed by atoms with Crippen LogP contribution in [0.5, 0.6) is 5.75 Å². The molecular weight excluding hydrogens is 264 g/mol. The van der Waals surface area contributed by atoms with Crippen molar-refractivity contribution in [1.29, 1.82) is 0 Å². The first kappa shape index (κ1) is 17.1. The van der Waals surface area contributed by atoms with Crippen LogP contribution in [-0.4, -0.2) is 19.1 Å². The van der Waals surface area contributed by atoms with Crippen LogP contribution in [0.25, 0.3) is 6.08 Å². The number of hydrogen-bond donors (Lipinski definition) is 2. The van der Waals surface area contributed by atoms with E-state index in [4.69, 9.17) is 10.5 Å². The second kappa shape index (κ2) is 9.86. The Kier molecular flexibility index (Phi) is 8.02. The maximum Gasteiger partial charge on any atom is 0.243 e. The lowest BCUT2D eigenvalue weighted by Crippen LogP contribution is -2.21. The molecular formula is C17H26N2O2. The van der Waals surface area contributed by atoms with Gasteiger partial charge in [-0.1, -0.05) is 32.8 Å². The van der Waals surface area contributed by atoms with Crippen LogP contribution in [0.3, 0.4) is 0 Å². The fourth-order valence-electron chi connectivity index (χ4n) is 1.75. The van der Waals surface area contributed by atoms with Gasteiger partial charge in [0.15, 0.2) is 0 Å². The molecule has 3 N–H and O–H groups in total. The molecule has 0 atom stereocenters. The van der Waals surface area contributed by atoms with Gasteiger partial charge in [0.25, 0.3) is 0 Å². The number of unbranched alkanes of at least 4 members (excludes halogenated alkanes) is 2. The molecule has 0 fully saturated rings. The molecule has 1 rings (SSSR count). The van der Waals surface area contributed by atoms with Crippen molar-refractivity contribution in [1.82, 2.24) is 5.32 Å². The highest BCUT2D eigenvalue weighted by Crippen LogP contribution is 2.23. The van der Waals surface area contributed by atoms with Crippen molar-refractivity contribution in [2.24, 2.45) is 0 Å². The number of anilines is 1. The fraction of sp³-hybridized carbons (Fsp3) is 0.471. The highest BCUT2D eigenvalue weighted by atomic mass is 16.5. The van der Waals surface area contributed by atoms with Crippen LogP contribution in [0, 0.1) is 0 Å². The van der Waals surface area contributed by atoms with Crippen molar-refractivity contribution in [3.8, 4) is 5.75 Å².